The molecule has 132 valence electrons. The van der Waals surface area contributed by atoms with Crippen LogP contribution in [0.4, 0.5) is 0 Å². The Morgan fingerprint density at radius 2 is 2.04 bits per heavy atom. The number of H-pyrrole nitrogens is 1. The number of aromatic nitrogens is 1. The van der Waals surface area contributed by atoms with Gasteiger partial charge in [0.1, 0.15) is 18.3 Å². The van der Waals surface area contributed by atoms with E-state index < -0.39 is 6.10 Å². The number of carboxylic acid groups (broad SMARTS) is 1. The Hall–Kier alpha value is -2.23. The molecule has 4 atom stereocenters. The normalized spacial score (nSPS) is 27.8. The van der Waals surface area contributed by atoms with Crippen LogP contribution in [0.15, 0.2) is 16.9 Å². The van der Waals surface area contributed by atoms with Crippen LogP contribution in [0, 0.1) is 0 Å². The van der Waals surface area contributed by atoms with Crippen molar-refractivity contribution in [1.82, 2.24) is 10.3 Å². The number of carbonyl (C=O) groups is 2. The lowest BCUT2D eigenvalue weighted by Gasteiger charge is -2.18. The number of rotatable bonds is 3. The predicted molar refractivity (Wildman–Crippen MR) is 81.9 cm³/mol. The van der Waals surface area contributed by atoms with E-state index in [-0.39, 0.29) is 42.8 Å². The smallest absolute Gasteiger partial charge is 0.290 e. The van der Waals surface area contributed by atoms with Gasteiger partial charge in [-0.25, -0.2) is 0 Å². The zero-order chi connectivity index (χ0) is 17.7. The summed E-state index contributed by atoms with van der Waals surface area (Å²) in [4.78, 5) is 34.7. The van der Waals surface area contributed by atoms with E-state index in [9.17, 15) is 14.7 Å². The molecule has 2 aliphatic rings. The maximum atomic E-state index is 12.4. The number of nitrogens with one attached hydrogen (secondary N) is 2. The number of hydrogen-bond donors (Lipinski definition) is 4. The summed E-state index contributed by atoms with van der Waals surface area (Å²) in [6.45, 7) is 2.15. The fourth-order valence-electron chi connectivity index (χ4n) is 2.86. The lowest BCUT2D eigenvalue weighted by Crippen LogP contribution is -2.44. The summed E-state index contributed by atoms with van der Waals surface area (Å²) in [5.41, 5.74) is 0.817. The molecular weight excluding hydrogens is 320 g/mol. The van der Waals surface area contributed by atoms with Crippen LogP contribution in [-0.2, 0) is 20.7 Å². The number of aromatic amines is 1. The highest BCUT2D eigenvalue weighted by molar-refractivity contribution is 5.95. The Balaban J connectivity index is 0.000000647. The topological polar surface area (TPSA) is 138 Å². The number of carbonyl (C=O) groups excluding carboxylic acids is 1. The van der Waals surface area contributed by atoms with Gasteiger partial charge in [-0.2, -0.15) is 0 Å². The van der Waals surface area contributed by atoms with E-state index >= 15 is 0 Å². The standard InChI is InChI=1S/C14H18N2O5.CH2O2/c1-2-8-7(3-4-11(18)15-8)14(19)16-9-5-20-13-10(17)6-21-12(9)13;2-1-3/h3-4,9-10,12-13,17H,2,5-6H2,1H3,(H,15,18)(H,16,19);1H,(H,2,3)/t9-,10-,12-,13-;/m1./s1. The van der Waals surface area contributed by atoms with Gasteiger partial charge < -0.3 is 30.0 Å². The van der Waals surface area contributed by atoms with Crippen LogP contribution >= 0.6 is 0 Å². The summed E-state index contributed by atoms with van der Waals surface area (Å²) in [5.74, 6) is -0.276. The van der Waals surface area contributed by atoms with Crippen molar-refractivity contribution in [3.05, 3.63) is 33.7 Å². The highest BCUT2D eigenvalue weighted by Gasteiger charge is 2.47. The Labute approximate surface area is 137 Å². The predicted octanol–water partition coefficient (Wildman–Crippen LogP) is -1.10. The van der Waals surface area contributed by atoms with Gasteiger partial charge in [0.2, 0.25) is 5.56 Å². The lowest BCUT2D eigenvalue weighted by atomic mass is 10.1. The third kappa shape index (κ3) is 3.81. The number of amides is 1. The van der Waals surface area contributed by atoms with Crippen LogP contribution in [0.25, 0.3) is 0 Å². The van der Waals surface area contributed by atoms with E-state index in [1.807, 2.05) is 6.92 Å². The number of pyridine rings is 1. The molecule has 2 saturated heterocycles. The molecule has 2 fully saturated rings. The van der Waals surface area contributed by atoms with Gasteiger partial charge in [-0.1, -0.05) is 6.92 Å². The molecule has 24 heavy (non-hydrogen) atoms. The summed E-state index contributed by atoms with van der Waals surface area (Å²) in [6.07, 6.45) is -0.786. The van der Waals surface area contributed by atoms with E-state index in [4.69, 9.17) is 19.4 Å². The van der Waals surface area contributed by atoms with E-state index in [2.05, 4.69) is 10.3 Å². The first-order valence-corrected chi connectivity index (χ1v) is 7.54. The van der Waals surface area contributed by atoms with Gasteiger partial charge in [-0.3, -0.25) is 14.4 Å². The van der Waals surface area contributed by atoms with Crippen LogP contribution in [-0.4, -0.2) is 65.1 Å². The molecule has 0 bridgehead atoms. The van der Waals surface area contributed by atoms with Gasteiger partial charge in [0.15, 0.2) is 0 Å². The van der Waals surface area contributed by atoms with Crippen molar-refractivity contribution >= 4 is 12.4 Å². The SMILES string of the molecule is CCc1[nH]c(=O)ccc1C(=O)N[C@@H]1CO[C@H]2[C@@H]1OC[C@H]2O.O=CO. The van der Waals surface area contributed by atoms with Crippen molar-refractivity contribution in [1.29, 1.82) is 0 Å². The van der Waals surface area contributed by atoms with Gasteiger partial charge in [-0.05, 0) is 12.5 Å². The molecule has 0 aliphatic carbocycles. The minimum Gasteiger partial charge on any atom is -0.483 e. The Bertz CT molecular complexity index is 645. The molecule has 9 nitrogen and oxygen atoms in total. The quantitative estimate of drug-likeness (QED) is 0.512. The van der Waals surface area contributed by atoms with E-state index in [0.29, 0.717) is 24.3 Å². The van der Waals surface area contributed by atoms with Gasteiger partial charge >= 0.3 is 0 Å². The molecule has 3 heterocycles. The summed E-state index contributed by atoms with van der Waals surface area (Å²) in [6, 6.07) is 2.55. The average Bonchev–Trinajstić information content (AvgIpc) is 3.12. The second-order valence-electron chi connectivity index (χ2n) is 5.42. The van der Waals surface area contributed by atoms with Crippen molar-refractivity contribution < 1.29 is 29.3 Å². The number of aliphatic hydroxyl groups is 1. The van der Waals surface area contributed by atoms with Crippen molar-refractivity contribution in [2.45, 2.75) is 37.7 Å². The summed E-state index contributed by atoms with van der Waals surface area (Å²) >= 11 is 0. The largest absolute Gasteiger partial charge is 0.483 e. The minimum absolute atomic E-state index is 0.223. The summed E-state index contributed by atoms with van der Waals surface area (Å²) in [5, 5.41) is 19.4. The van der Waals surface area contributed by atoms with E-state index in [0.717, 1.165) is 0 Å². The Kier molecular flexibility index (Phi) is 6.07. The monoisotopic (exact) mass is 340 g/mol. The molecule has 0 aromatic carbocycles. The van der Waals surface area contributed by atoms with Gasteiger partial charge in [-0.15, -0.1) is 0 Å². The molecule has 3 rings (SSSR count). The minimum atomic E-state index is -0.642. The molecule has 1 aromatic rings. The number of ether oxygens (including phenoxy) is 2. The zero-order valence-corrected chi connectivity index (χ0v) is 13.1. The second-order valence-corrected chi connectivity index (χ2v) is 5.42. The summed E-state index contributed by atoms with van der Waals surface area (Å²) < 4.78 is 10.9. The van der Waals surface area contributed by atoms with Gasteiger partial charge in [0.05, 0.1) is 24.8 Å². The van der Waals surface area contributed by atoms with Crippen LogP contribution in [0.2, 0.25) is 0 Å². The molecule has 4 N–H and O–H groups in total. The number of aliphatic hydroxyl groups excluding tert-OH is 1. The average molecular weight is 340 g/mol. The van der Waals surface area contributed by atoms with E-state index in [1.54, 1.807) is 0 Å². The highest BCUT2D eigenvalue weighted by Crippen LogP contribution is 2.27. The first-order chi connectivity index (χ1) is 11.5. The highest BCUT2D eigenvalue weighted by atomic mass is 16.6. The molecule has 0 saturated carbocycles. The van der Waals surface area contributed by atoms with E-state index in [1.165, 1.54) is 12.1 Å². The molecule has 2 aliphatic heterocycles. The number of aryl methyl sites for hydroxylation is 1. The van der Waals surface area contributed by atoms with Crippen molar-refractivity contribution in [2.24, 2.45) is 0 Å². The fourth-order valence-corrected chi connectivity index (χ4v) is 2.86. The molecule has 1 aromatic heterocycles. The Morgan fingerprint density at radius 1 is 1.38 bits per heavy atom. The molecule has 9 heteroatoms. The molecule has 1 amide bonds. The lowest BCUT2D eigenvalue weighted by molar-refractivity contribution is -0.122. The third-order valence-corrected chi connectivity index (χ3v) is 3.94. The van der Waals surface area contributed by atoms with Crippen molar-refractivity contribution in [2.75, 3.05) is 13.2 Å². The summed E-state index contributed by atoms with van der Waals surface area (Å²) in [7, 11) is 0. The first-order valence-electron chi connectivity index (χ1n) is 7.54. The maximum Gasteiger partial charge on any atom is 0.290 e. The molecular formula is C15H20N2O7. The van der Waals surface area contributed by atoms with Crippen LogP contribution < -0.4 is 10.9 Å². The van der Waals surface area contributed by atoms with Crippen LogP contribution in [0.1, 0.15) is 23.0 Å². The molecule has 0 unspecified atom stereocenters. The number of hydrogen-bond acceptors (Lipinski definition) is 6. The first kappa shape index (κ1) is 18.1. The van der Waals surface area contributed by atoms with Crippen molar-refractivity contribution in [3.63, 3.8) is 0 Å². The van der Waals surface area contributed by atoms with Gasteiger partial charge in [0.25, 0.3) is 12.4 Å². The molecule has 0 radical (unpaired) electrons. The third-order valence-electron chi connectivity index (χ3n) is 3.94. The van der Waals surface area contributed by atoms with Crippen LogP contribution in [0.5, 0.6) is 0 Å². The maximum absolute atomic E-state index is 12.4. The van der Waals surface area contributed by atoms with Gasteiger partial charge in [0, 0.05) is 11.8 Å². The van der Waals surface area contributed by atoms with Crippen LogP contribution in [0.3, 0.4) is 0 Å². The Morgan fingerprint density at radius 3 is 2.71 bits per heavy atom. The van der Waals surface area contributed by atoms with Crippen molar-refractivity contribution in [3.8, 4) is 0 Å². The molecule has 0 spiro atoms. The zero-order valence-electron chi connectivity index (χ0n) is 13.1. The fraction of sp³-hybridized carbons (Fsp3) is 0.533. The number of fused-ring (bicyclic) bond motifs is 1. The second kappa shape index (κ2) is 8.04.